The Morgan fingerprint density at radius 2 is 1.72 bits per heavy atom. The van der Waals surface area contributed by atoms with E-state index in [1.54, 1.807) is 4.90 Å². The predicted octanol–water partition coefficient (Wildman–Crippen LogP) is 1.82. The van der Waals surface area contributed by atoms with E-state index in [9.17, 15) is 9.59 Å². The molecule has 1 heterocycles. The average molecular weight is 347 g/mol. The second-order valence-electron chi connectivity index (χ2n) is 6.31. The minimum absolute atomic E-state index is 0.0536. The van der Waals surface area contributed by atoms with E-state index >= 15 is 0 Å². The predicted molar refractivity (Wildman–Crippen MR) is 97.5 cm³/mol. The standard InChI is InChI=1S/C19H29N3O3/c1-3-25-14-4-9-20-19(24)22-12-10-21(11-13-22)18(23)15-17-7-5-16(2)6-8-17/h5-8H,3-4,9-15H2,1-2H3,(H,20,24). The molecule has 0 unspecified atom stereocenters. The molecule has 0 spiro atoms. The highest BCUT2D eigenvalue weighted by Gasteiger charge is 2.23. The highest BCUT2D eigenvalue weighted by atomic mass is 16.5. The topological polar surface area (TPSA) is 61.9 Å². The smallest absolute Gasteiger partial charge is 0.317 e. The third kappa shape index (κ3) is 6.38. The number of piperazine rings is 1. The number of urea groups is 1. The van der Waals surface area contributed by atoms with E-state index in [0.29, 0.717) is 52.4 Å². The van der Waals surface area contributed by atoms with Gasteiger partial charge in [-0.05, 0) is 25.8 Å². The normalized spacial score (nSPS) is 14.5. The Bertz CT molecular complexity index is 552. The molecule has 1 N–H and O–H groups in total. The number of amides is 3. The highest BCUT2D eigenvalue weighted by Crippen LogP contribution is 2.08. The van der Waals surface area contributed by atoms with Crippen LogP contribution in [-0.4, -0.2) is 67.7 Å². The van der Waals surface area contributed by atoms with Crippen LogP contribution in [0.5, 0.6) is 0 Å². The SMILES string of the molecule is CCOCCCNC(=O)N1CCN(C(=O)Cc2ccc(C)cc2)CC1. The molecule has 0 bridgehead atoms. The molecule has 1 fully saturated rings. The van der Waals surface area contributed by atoms with Crippen LogP contribution in [0.4, 0.5) is 4.79 Å². The lowest BCUT2D eigenvalue weighted by Gasteiger charge is -2.34. The molecule has 1 aromatic rings. The lowest BCUT2D eigenvalue weighted by molar-refractivity contribution is -0.131. The van der Waals surface area contributed by atoms with Gasteiger partial charge in [-0.15, -0.1) is 0 Å². The molecule has 25 heavy (non-hydrogen) atoms. The second kappa shape index (κ2) is 10.0. The van der Waals surface area contributed by atoms with Gasteiger partial charge in [-0.2, -0.15) is 0 Å². The van der Waals surface area contributed by atoms with Crippen molar-refractivity contribution in [2.45, 2.75) is 26.7 Å². The fourth-order valence-electron chi connectivity index (χ4n) is 2.78. The van der Waals surface area contributed by atoms with Crippen molar-refractivity contribution < 1.29 is 14.3 Å². The van der Waals surface area contributed by atoms with E-state index in [0.717, 1.165) is 12.0 Å². The molecule has 0 saturated carbocycles. The summed E-state index contributed by atoms with van der Waals surface area (Å²) in [4.78, 5) is 28.1. The molecule has 1 aliphatic heterocycles. The first kappa shape index (κ1) is 19.2. The molecular weight excluding hydrogens is 318 g/mol. The molecule has 0 aliphatic carbocycles. The quantitative estimate of drug-likeness (QED) is 0.766. The van der Waals surface area contributed by atoms with Crippen molar-refractivity contribution in [2.75, 3.05) is 45.9 Å². The summed E-state index contributed by atoms with van der Waals surface area (Å²) >= 11 is 0. The van der Waals surface area contributed by atoms with Crippen LogP contribution in [0.25, 0.3) is 0 Å². The van der Waals surface area contributed by atoms with Crippen LogP contribution in [0.1, 0.15) is 24.5 Å². The van der Waals surface area contributed by atoms with Gasteiger partial charge in [-0.3, -0.25) is 4.79 Å². The van der Waals surface area contributed by atoms with Gasteiger partial charge >= 0.3 is 6.03 Å². The number of rotatable bonds is 7. The molecule has 1 saturated heterocycles. The zero-order valence-corrected chi connectivity index (χ0v) is 15.3. The molecule has 2 rings (SSSR count). The van der Waals surface area contributed by atoms with E-state index < -0.39 is 0 Å². The molecule has 3 amide bonds. The molecular formula is C19H29N3O3. The number of hydrogen-bond acceptors (Lipinski definition) is 3. The van der Waals surface area contributed by atoms with E-state index in [1.165, 1.54) is 5.56 Å². The van der Waals surface area contributed by atoms with Gasteiger partial charge in [0, 0.05) is 45.9 Å². The molecule has 0 radical (unpaired) electrons. The first-order valence-corrected chi connectivity index (χ1v) is 9.04. The Kier molecular flexibility index (Phi) is 7.73. The molecule has 6 nitrogen and oxygen atoms in total. The van der Waals surface area contributed by atoms with Gasteiger partial charge in [0.05, 0.1) is 6.42 Å². The Balaban J connectivity index is 1.68. The number of aryl methyl sites for hydroxylation is 1. The maximum absolute atomic E-state index is 12.4. The lowest BCUT2D eigenvalue weighted by atomic mass is 10.1. The third-order valence-corrected chi connectivity index (χ3v) is 4.34. The van der Waals surface area contributed by atoms with E-state index in [-0.39, 0.29) is 11.9 Å². The average Bonchev–Trinajstić information content (AvgIpc) is 2.63. The minimum atomic E-state index is -0.0536. The van der Waals surface area contributed by atoms with E-state index in [4.69, 9.17) is 4.74 Å². The van der Waals surface area contributed by atoms with Crippen molar-refractivity contribution in [3.8, 4) is 0 Å². The maximum atomic E-state index is 12.4. The summed E-state index contributed by atoms with van der Waals surface area (Å²) in [6.45, 7) is 8.32. The molecule has 0 atom stereocenters. The van der Waals surface area contributed by atoms with Crippen molar-refractivity contribution in [3.05, 3.63) is 35.4 Å². The van der Waals surface area contributed by atoms with Crippen LogP contribution in [-0.2, 0) is 16.0 Å². The van der Waals surface area contributed by atoms with Crippen molar-refractivity contribution in [2.24, 2.45) is 0 Å². The van der Waals surface area contributed by atoms with Gasteiger partial charge in [0.25, 0.3) is 0 Å². The zero-order valence-electron chi connectivity index (χ0n) is 15.3. The Morgan fingerprint density at radius 3 is 2.36 bits per heavy atom. The van der Waals surface area contributed by atoms with Crippen LogP contribution < -0.4 is 5.32 Å². The summed E-state index contributed by atoms with van der Waals surface area (Å²) in [5.41, 5.74) is 2.22. The summed E-state index contributed by atoms with van der Waals surface area (Å²) in [5.74, 6) is 0.126. The number of nitrogens with zero attached hydrogens (tertiary/aromatic N) is 2. The van der Waals surface area contributed by atoms with Gasteiger partial charge in [0.2, 0.25) is 5.91 Å². The second-order valence-corrected chi connectivity index (χ2v) is 6.31. The Morgan fingerprint density at radius 1 is 1.08 bits per heavy atom. The Hall–Kier alpha value is -2.08. The van der Waals surface area contributed by atoms with Gasteiger partial charge in [-0.1, -0.05) is 29.8 Å². The van der Waals surface area contributed by atoms with Gasteiger partial charge < -0.3 is 19.9 Å². The van der Waals surface area contributed by atoms with Crippen molar-refractivity contribution in [1.29, 1.82) is 0 Å². The van der Waals surface area contributed by atoms with E-state index in [2.05, 4.69) is 5.32 Å². The van der Waals surface area contributed by atoms with Crippen LogP contribution in [0.3, 0.4) is 0 Å². The van der Waals surface area contributed by atoms with Gasteiger partial charge in [-0.25, -0.2) is 4.79 Å². The largest absolute Gasteiger partial charge is 0.382 e. The van der Waals surface area contributed by atoms with Crippen molar-refractivity contribution in [1.82, 2.24) is 15.1 Å². The van der Waals surface area contributed by atoms with E-state index in [1.807, 2.05) is 43.0 Å². The minimum Gasteiger partial charge on any atom is -0.382 e. The van der Waals surface area contributed by atoms with Gasteiger partial charge in [0.1, 0.15) is 0 Å². The monoisotopic (exact) mass is 347 g/mol. The fourth-order valence-corrected chi connectivity index (χ4v) is 2.78. The summed E-state index contributed by atoms with van der Waals surface area (Å²) in [7, 11) is 0. The summed E-state index contributed by atoms with van der Waals surface area (Å²) in [6, 6.07) is 7.99. The number of benzene rings is 1. The number of hydrogen-bond donors (Lipinski definition) is 1. The van der Waals surface area contributed by atoms with Crippen molar-refractivity contribution in [3.63, 3.8) is 0 Å². The fraction of sp³-hybridized carbons (Fsp3) is 0.579. The summed E-state index contributed by atoms with van der Waals surface area (Å²) in [5, 5.41) is 2.90. The summed E-state index contributed by atoms with van der Waals surface area (Å²) in [6.07, 6.45) is 1.23. The number of carbonyl (C=O) groups is 2. The Labute approximate surface area is 150 Å². The molecule has 1 aromatic carbocycles. The molecule has 1 aliphatic rings. The number of ether oxygens (including phenoxy) is 1. The molecule has 6 heteroatoms. The third-order valence-electron chi connectivity index (χ3n) is 4.34. The first-order valence-electron chi connectivity index (χ1n) is 9.04. The van der Waals surface area contributed by atoms with Gasteiger partial charge in [0.15, 0.2) is 0 Å². The number of carbonyl (C=O) groups excluding carboxylic acids is 2. The van der Waals surface area contributed by atoms with Crippen LogP contribution >= 0.6 is 0 Å². The zero-order chi connectivity index (χ0) is 18.1. The highest BCUT2D eigenvalue weighted by molar-refractivity contribution is 5.79. The number of nitrogens with one attached hydrogen (secondary N) is 1. The first-order chi connectivity index (χ1) is 12.1. The maximum Gasteiger partial charge on any atom is 0.317 e. The van der Waals surface area contributed by atoms with Crippen LogP contribution in [0.15, 0.2) is 24.3 Å². The molecule has 0 aromatic heterocycles. The lowest BCUT2D eigenvalue weighted by Crippen LogP contribution is -2.53. The van der Waals surface area contributed by atoms with Crippen LogP contribution in [0, 0.1) is 6.92 Å². The molecule has 138 valence electrons. The van der Waals surface area contributed by atoms with Crippen LogP contribution in [0.2, 0.25) is 0 Å². The summed E-state index contributed by atoms with van der Waals surface area (Å²) < 4.78 is 5.25. The van der Waals surface area contributed by atoms with Crippen molar-refractivity contribution >= 4 is 11.9 Å².